The number of para-hydroxylation sites is 1. The van der Waals surface area contributed by atoms with Crippen LogP contribution in [-0.4, -0.2) is 16.9 Å². The Hall–Kier alpha value is -2.24. The van der Waals surface area contributed by atoms with Crippen molar-refractivity contribution in [3.8, 4) is 0 Å². The van der Waals surface area contributed by atoms with Crippen molar-refractivity contribution >= 4 is 17.6 Å². The quantitative estimate of drug-likeness (QED) is 0.333. The predicted octanol–water partition coefficient (Wildman–Crippen LogP) is 1.23. The van der Waals surface area contributed by atoms with Crippen LogP contribution in [0.2, 0.25) is 0 Å². The molecule has 0 aromatic heterocycles. The maximum absolute atomic E-state index is 11.1. The highest BCUT2D eigenvalue weighted by Crippen LogP contribution is 2.18. The second-order valence-corrected chi connectivity index (χ2v) is 3.03. The lowest BCUT2D eigenvalue weighted by Crippen LogP contribution is -2.12. The summed E-state index contributed by atoms with van der Waals surface area (Å²) < 4.78 is 4.29. The lowest BCUT2D eigenvalue weighted by Gasteiger charge is -2.01. The van der Waals surface area contributed by atoms with E-state index < -0.39 is 16.9 Å². The summed E-state index contributed by atoms with van der Waals surface area (Å²) in [4.78, 5) is 31.6. The van der Waals surface area contributed by atoms with Crippen molar-refractivity contribution in [3.63, 3.8) is 0 Å². The zero-order valence-electron chi connectivity index (χ0n) is 8.50. The summed E-state index contributed by atoms with van der Waals surface area (Å²) in [6.45, 7) is 1.09. The van der Waals surface area contributed by atoms with Crippen LogP contribution in [0.3, 0.4) is 0 Å². The van der Waals surface area contributed by atoms with Crippen LogP contribution >= 0.6 is 0 Å². The van der Waals surface area contributed by atoms with E-state index in [0.29, 0.717) is 0 Å². The van der Waals surface area contributed by atoms with Crippen molar-refractivity contribution in [2.24, 2.45) is 0 Å². The number of esters is 2. The number of benzene rings is 1. The van der Waals surface area contributed by atoms with Gasteiger partial charge in [-0.1, -0.05) is 18.2 Å². The van der Waals surface area contributed by atoms with Gasteiger partial charge in [0.05, 0.1) is 11.3 Å². The van der Waals surface area contributed by atoms with Crippen LogP contribution < -0.4 is 0 Å². The van der Waals surface area contributed by atoms with Gasteiger partial charge in [0.15, 0.2) is 0 Å². The molecule has 0 saturated carbocycles. The molecular formula is C10H9NO5. The van der Waals surface area contributed by atoms with E-state index in [2.05, 4.69) is 4.74 Å². The first-order chi connectivity index (χ1) is 7.50. The summed E-state index contributed by atoms with van der Waals surface area (Å²) in [7, 11) is 0. The van der Waals surface area contributed by atoms with Gasteiger partial charge in [0.25, 0.3) is 5.69 Å². The molecule has 16 heavy (non-hydrogen) atoms. The van der Waals surface area contributed by atoms with Gasteiger partial charge in [0.1, 0.15) is 0 Å². The minimum Gasteiger partial charge on any atom is -0.393 e. The molecule has 1 rings (SSSR count). The smallest absolute Gasteiger partial charge is 0.318 e. The van der Waals surface area contributed by atoms with Crippen molar-refractivity contribution < 1.29 is 19.2 Å². The molecular weight excluding hydrogens is 214 g/mol. The summed E-state index contributed by atoms with van der Waals surface area (Å²) in [5.74, 6) is -1.54. The van der Waals surface area contributed by atoms with Crippen LogP contribution in [-0.2, 0) is 20.7 Å². The average Bonchev–Trinajstić information content (AvgIpc) is 2.16. The Balaban J connectivity index is 2.84. The van der Waals surface area contributed by atoms with Crippen LogP contribution in [0.4, 0.5) is 5.69 Å². The summed E-state index contributed by atoms with van der Waals surface area (Å²) >= 11 is 0. The Morgan fingerprint density at radius 2 is 2.00 bits per heavy atom. The van der Waals surface area contributed by atoms with Crippen molar-refractivity contribution in [2.45, 2.75) is 13.3 Å². The number of nitrogens with zero attached hydrogens (tertiary/aromatic N) is 1. The summed E-state index contributed by atoms with van der Waals surface area (Å²) in [5.41, 5.74) is 0.0572. The van der Waals surface area contributed by atoms with E-state index in [-0.39, 0.29) is 17.7 Å². The standard InChI is InChI=1S/C10H9NO5/c1-7(12)16-10(13)6-8-4-2-3-5-9(8)11(14)15/h2-5H,6H2,1H3. The van der Waals surface area contributed by atoms with E-state index in [1.54, 1.807) is 6.07 Å². The van der Waals surface area contributed by atoms with Gasteiger partial charge in [-0.25, -0.2) is 0 Å². The third-order valence-corrected chi connectivity index (χ3v) is 1.78. The number of hydrogen-bond donors (Lipinski definition) is 0. The number of carbonyl (C=O) groups is 2. The van der Waals surface area contributed by atoms with E-state index in [1.165, 1.54) is 18.2 Å². The minimum absolute atomic E-state index is 0.164. The van der Waals surface area contributed by atoms with Gasteiger partial charge in [-0.05, 0) is 0 Å². The topological polar surface area (TPSA) is 86.5 Å². The van der Waals surface area contributed by atoms with Crippen molar-refractivity contribution in [1.82, 2.24) is 0 Å². The van der Waals surface area contributed by atoms with Crippen LogP contribution in [0, 0.1) is 10.1 Å². The largest absolute Gasteiger partial charge is 0.393 e. The zero-order chi connectivity index (χ0) is 12.1. The number of nitro benzene ring substituents is 1. The van der Waals surface area contributed by atoms with E-state index in [9.17, 15) is 19.7 Å². The van der Waals surface area contributed by atoms with E-state index >= 15 is 0 Å². The second-order valence-electron chi connectivity index (χ2n) is 3.03. The fourth-order valence-electron chi connectivity index (χ4n) is 1.19. The third kappa shape index (κ3) is 3.16. The third-order valence-electron chi connectivity index (χ3n) is 1.78. The fourth-order valence-corrected chi connectivity index (χ4v) is 1.19. The van der Waals surface area contributed by atoms with Crippen LogP contribution in [0.5, 0.6) is 0 Å². The Kier molecular flexibility index (Phi) is 3.71. The number of rotatable bonds is 3. The van der Waals surface area contributed by atoms with Gasteiger partial charge in [-0.2, -0.15) is 0 Å². The molecule has 0 unspecified atom stereocenters. The van der Waals surface area contributed by atoms with Crippen LogP contribution in [0.15, 0.2) is 24.3 Å². The minimum atomic E-state index is -0.804. The summed E-state index contributed by atoms with van der Waals surface area (Å²) in [6.07, 6.45) is -0.295. The van der Waals surface area contributed by atoms with Crippen molar-refractivity contribution in [1.29, 1.82) is 0 Å². The lowest BCUT2D eigenvalue weighted by atomic mass is 10.1. The first kappa shape index (κ1) is 11.8. The normalized spacial score (nSPS) is 9.56. The molecule has 1 aromatic carbocycles. The molecule has 0 heterocycles. The highest BCUT2D eigenvalue weighted by molar-refractivity contribution is 5.85. The molecule has 84 valence electrons. The van der Waals surface area contributed by atoms with E-state index in [0.717, 1.165) is 6.92 Å². The van der Waals surface area contributed by atoms with E-state index in [4.69, 9.17) is 0 Å². The molecule has 0 saturated heterocycles. The van der Waals surface area contributed by atoms with Crippen molar-refractivity contribution in [2.75, 3.05) is 0 Å². The second kappa shape index (κ2) is 5.01. The molecule has 0 bridgehead atoms. The van der Waals surface area contributed by atoms with Gasteiger partial charge >= 0.3 is 11.9 Å². The monoisotopic (exact) mass is 223 g/mol. The zero-order valence-corrected chi connectivity index (χ0v) is 8.50. The molecule has 0 aliphatic rings. The molecule has 0 fully saturated rings. The molecule has 0 N–H and O–H groups in total. The van der Waals surface area contributed by atoms with Gasteiger partial charge in [0, 0.05) is 18.6 Å². The molecule has 0 spiro atoms. The molecule has 0 aliphatic carbocycles. The number of carbonyl (C=O) groups excluding carboxylic acids is 2. The molecule has 0 aliphatic heterocycles. The molecule has 1 aromatic rings. The summed E-state index contributed by atoms with van der Waals surface area (Å²) in [6, 6.07) is 5.80. The Bertz CT molecular complexity index is 441. The highest BCUT2D eigenvalue weighted by atomic mass is 16.6. The van der Waals surface area contributed by atoms with Crippen LogP contribution in [0.25, 0.3) is 0 Å². The molecule has 6 heteroatoms. The Morgan fingerprint density at radius 3 is 2.56 bits per heavy atom. The van der Waals surface area contributed by atoms with Gasteiger partial charge in [0.2, 0.25) is 0 Å². The highest BCUT2D eigenvalue weighted by Gasteiger charge is 2.16. The maximum atomic E-state index is 11.1. The number of nitro groups is 1. The molecule has 6 nitrogen and oxygen atoms in total. The molecule has 0 radical (unpaired) electrons. The predicted molar refractivity (Wildman–Crippen MR) is 53.6 cm³/mol. The SMILES string of the molecule is CC(=O)OC(=O)Cc1ccccc1[N+](=O)[O-]. The van der Waals surface area contributed by atoms with Crippen molar-refractivity contribution in [3.05, 3.63) is 39.9 Å². The first-order valence-corrected chi connectivity index (χ1v) is 4.44. The Morgan fingerprint density at radius 1 is 1.38 bits per heavy atom. The first-order valence-electron chi connectivity index (χ1n) is 4.44. The van der Waals surface area contributed by atoms with E-state index in [1.807, 2.05) is 0 Å². The summed E-state index contributed by atoms with van der Waals surface area (Å²) in [5, 5.41) is 10.6. The molecule has 0 atom stereocenters. The number of hydrogen-bond acceptors (Lipinski definition) is 5. The van der Waals surface area contributed by atoms with Gasteiger partial charge in [-0.3, -0.25) is 19.7 Å². The Labute approximate surface area is 91.0 Å². The lowest BCUT2D eigenvalue weighted by molar-refractivity contribution is -0.385. The van der Waals surface area contributed by atoms with Gasteiger partial charge < -0.3 is 4.74 Å². The van der Waals surface area contributed by atoms with Gasteiger partial charge in [-0.15, -0.1) is 0 Å². The molecule has 0 amide bonds. The van der Waals surface area contributed by atoms with Crippen LogP contribution in [0.1, 0.15) is 12.5 Å². The average molecular weight is 223 g/mol. The number of ether oxygens (including phenoxy) is 1. The fraction of sp³-hybridized carbons (Fsp3) is 0.200. The maximum Gasteiger partial charge on any atom is 0.318 e.